The topological polar surface area (TPSA) is 69.7 Å². The summed E-state index contributed by atoms with van der Waals surface area (Å²) in [6, 6.07) is 12.7. The van der Waals surface area contributed by atoms with Crippen LogP contribution in [0.4, 0.5) is 0 Å². The van der Waals surface area contributed by atoms with Gasteiger partial charge in [0.2, 0.25) is 0 Å². The zero-order valence-corrected chi connectivity index (χ0v) is 16.5. The van der Waals surface area contributed by atoms with E-state index in [9.17, 15) is 4.79 Å². The SMILES string of the molecule is O=C(c1cc(-c2ccco2)nn1-c1ccccc1Cl)N1CCC2(CC1)OCCO2. The van der Waals surface area contributed by atoms with E-state index < -0.39 is 5.79 Å². The van der Waals surface area contributed by atoms with Crippen LogP contribution in [0, 0.1) is 0 Å². The van der Waals surface area contributed by atoms with Gasteiger partial charge in [0.25, 0.3) is 5.91 Å². The summed E-state index contributed by atoms with van der Waals surface area (Å²) < 4.78 is 18.6. The highest BCUT2D eigenvalue weighted by molar-refractivity contribution is 6.32. The average Bonchev–Trinajstić information content (AvgIpc) is 3.49. The molecule has 0 aliphatic carbocycles. The fraction of sp³-hybridized carbons (Fsp3) is 0.333. The molecule has 0 radical (unpaired) electrons. The molecule has 1 amide bonds. The van der Waals surface area contributed by atoms with Gasteiger partial charge in [0.15, 0.2) is 11.5 Å². The van der Waals surface area contributed by atoms with Gasteiger partial charge in [-0.15, -0.1) is 0 Å². The molecular formula is C21H20ClN3O4. The number of hydrogen-bond donors (Lipinski definition) is 0. The zero-order valence-electron chi connectivity index (χ0n) is 15.7. The van der Waals surface area contributed by atoms with Crippen molar-refractivity contribution in [1.29, 1.82) is 0 Å². The molecule has 1 aromatic carbocycles. The highest BCUT2D eigenvalue weighted by Gasteiger charge is 2.41. The summed E-state index contributed by atoms with van der Waals surface area (Å²) >= 11 is 6.40. The van der Waals surface area contributed by atoms with Gasteiger partial charge < -0.3 is 18.8 Å². The quantitative estimate of drug-likeness (QED) is 0.653. The van der Waals surface area contributed by atoms with Crippen LogP contribution in [0.3, 0.4) is 0 Å². The van der Waals surface area contributed by atoms with E-state index >= 15 is 0 Å². The number of carbonyl (C=O) groups is 1. The van der Waals surface area contributed by atoms with Gasteiger partial charge in [0.05, 0.1) is 30.2 Å². The van der Waals surface area contributed by atoms with Crippen LogP contribution in [0.1, 0.15) is 23.3 Å². The Morgan fingerprint density at radius 1 is 1.07 bits per heavy atom. The van der Waals surface area contributed by atoms with Gasteiger partial charge in [-0.3, -0.25) is 4.79 Å². The number of halogens is 1. The van der Waals surface area contributed by atoms with Crippen LogP contribution in [0.15, 0.2) is 53.1 Å². The predicted molar refractivity (Wildman–Crippen MR) is 106 cm³/mol. The molecule has 0 unspecified atom stereocenters. The van der Waals surface area contributed by atoms with Crippen molar-refractivity contribution in [2.75, 3.05) is 26.3 Å². The summed E-state index contributed by atoms with van der Waals surface area (Å²) in [5.41, 5.74) is 1.66. The number of piperidine rings is 1. The monoisotopic (exact) mass is 413 g/mol. The molecule has 2 aliphatic heterocycles. The van der Waals surface area contributed by atoms with Crippen molar-refractivity contribution >= 4 is 17.5 Å². The number of furan rings is 1. The van der Waals surface area contributed by atoms with Crippen molar-refractivity contribution in [3.8, 4) is 17.1 Å². The van der Waals surface area contributed by atoms with E-state index in [1.54, 1.807) is 29.1 Å². The van der Waals surface area contributed by atoms with Crippen molar-refractivity contribution < 1.29 is 18.7 Å². The summed E-state index contributed by atoms with van der Waals surface area (Å²) in [6.07, 6.45) is 2.89. The van der Waals surface area contributed by atoms with Crippen molar-refractivity contribution in [3.05, 3.63) is 59.4 Å². The highest BCUT2D eigenvalue weighted by Crippen LogP contribution is 2.33. The van der Waals surface area contributed by atoms with Gasteiger partial charge in [-0.25, -0.2) is 4.68 Å². The van der Waals surface area contributed by atoms with Crippen LogP contribution in [-0.2, 0) is 9.47 Å². The van der Waals surface area contributed by atoms with Gasteiger partial charge in [-0.05, 0) is 24.3 Å². The molecule has 2 aliphatic rings. The van der Waals surface area contributed by atoms with Gasteiger partial charge in [0, 0.05) is 32.0 Å². The third-order valence-corrected chi connectivity index (χ3v) is 5.73. The molecule has 0 bridgehead atoms. The first-order valence-electron chi connectivity index (χ1n) is 9.61. The molecule has 0 N–H and O–H groups in total. The summed E-state index contributed by atoms with van der Waals surface area (Å²) in [5, 5.41) is 5.13. The molecule has 1 spiro atoms. The van der Waals surface area contributed by atoms with Crippen LogP contribution < -0.4 is 0 Å². The van der Waals surface area contributed by atoms with Crippen molar-refractivity contribution in [2.24, 2.45) is 0 Å². The van der Waals surface area contributed by atoms with Crippen molar-refractivity contribution in [1.82, 2.24) is 14.7 Å². The second kappa shape index (κ2) is 7.33. The Morgan fingerprint density at radius 2 is 1.83 bits per heavy atom. The average molecular weight is 414 g/mol. The Kier molecular flexibility index (Phi) is 4.66. The smallest absolute Gasteiger partial charge is 0.272 e. The molecule has 0 saturated carbocycles. The first kappa shape index (κ1) is 18.4. The molecule has 8 heteroatoms. The number of ether oxygens (including phenoxy) is 2. The summed E-state index contributed by atoms with van der Waals surface area (Å²) in [4.78, 5) is 15.2. The lowest BCUT2D eigenvalue weighted by atomic mass is 10.0. The van der Waals surface area contributed by atoms with E-state index in [1.165, 1.54) is 0 Å². The molecule has 2 aromatic heterocycles. The maximum absolute atomic E-state index is 13.4. The van der Waals surface area contributed by atoms with Crippen LogP contribution >= 0.6 is 11.6 Å². The second-order valence-electron chi connectivity index (χ2n) is 7.16. The number of amides is 1. The Morgan fingerprint density at radius 3 is 2.52 bits per heavy atom. The Bertz CT molecular complexity index is 1010. The number of aromatic nitrogens is 2. The highest BCUT2D eigenvalue weighted by atomic mass is 35.5. The van der Waals surface area contributed by atoms with Gasteiger partial charge >= 0.3 is 0 Å². The molecule has 4 heterocycles. The number of rotatable bonds is 3. The number of nitrogens with zero attached hydrogens (tertiary/aromatic N) is 3. The van der Waals surface area contributed by atoms with Crippen molar-refractivity contribution in [2.45, 2.75) is 18.6 Å². The second-order valence-corrected chi connectivity index (χ2v) is 7.56. The number of likely N-dealkylation sites (tertiary alicyclic amines) is 1. The Hall–Kier alpha value is -2.61. The van der Waals surface area contributed by atoms with E-state index in [1.807, 2.05) is 29.2 Å². The van der Waals surface area contributed by atoms with E-state index in [-0.39, 0.29) is 5.91 Å². The van der Waals surface area contributed by atoms with Crippen LogP contribution in [0.2, 0.25) is 5.02 Å². The lowest BCUT2D eigenvalue weighted by Gasteiger charge is -2.37. The summed E-state index contributed by atoms with van der Waals surface area (Å²) in [5.74, 6) is -0.0442. The lowest BCUT2D eigenvalue weighted by Crippen LogP contribution is -2.47. The molecule has 0 atom stereocenters. The fourth-order valence-corrected chi connectivity index (χ4v) is 4.10. The molecule has 2 saturated heterocycles. The van der Waals surface area contributed by atoms with Crippen molar-refractivity contribution in [3.63, 3.8) is 0 Å². The van der Waals surface area contributed by atoms with Crippen LogP contribution in [0.5, 0.6) is 0 Å². The first-order valence-corrected chi connectivity index (χ1v) is 9.99. The van der Waals surface area contributed by atoms with Gasteiger partial charge in [0.1, 0.15) is 11.4 Å². The Balaban J connectivity index is 1.48. The lowest BCUT2D eigenvalue weighted by molar-refractivity contribution is -0.181. The molecule has 150 valence electrons. The molecule has 5 rings (SSSR count). The third kappa shape index (κ3) is 3.35. The maximum atomic E-state index is 13.4. The van der Waals surface area contributed by atoms with Crippen LogP contribution in [-0.4, -0.2) is 52.7 Å². The number of para-hydroxylation sites is 1. The first-order chi connectivity index (χ1) is 14.2. The molecule has 7 nitrogen and oxygen atoms in total. The molecular weight excluding hydrogens is 394 g/mol. The minimum absolute atomic E-state index is 0.108. The van der Waals surface area contributed by atoms with E-state index in [0.29, 0.717) is 67.0 Å². The summed E-state index contributed by atoms with van der Waals surface area (Å²) in [7, 11) is 0. The van der Waals surface area contributed by atoms with Gasteiger partial charge in [-0.2, -0.15) is 5.10 Å². The number of hydrogen-bond acceptors (Lipinski definition) is 5. The van der Waals surface area contributed by atoms with Gasteiger partial charge in [-0.1, -0.05) is 23.7 Å². The van der Waals surface area contributed by atoms with E-state index in [2.05, 4.69) is 5.10 Å². The van der Waals surface area contributed by atoms with E-state index in [4.69, 9.17) is 25.5 Å². The largest absolute Gasteiger partial charge is 0.463 e. The normalized spacial score (nSPS) is 18.4. The number of carbonyl (C=O) groups excluding carboxylic acids is 1. The number of benzene rings is 1. The third-order valence-electron chi connectivity index (χ3n) is 5.41. The summed E-state index contributed by atoms with van der Waals surface area (Å²) in [6.45, 7) is 2.34. The molecule has 2 fully saturated rings. The minimum Gasteiger partial charge on any atom is -0.463 e. The minimum atomic E-state index is -0.529. The fourth-order valence-electron chi connectivity index (χ4n) is 3.88. The van der Waals surface area contributed by atoms with E-state index in [0.717, 1.165) is 0 Å². The van der Waals surface area contributed by atoms with Crippen LogP contribution in [0.25, 0.3) is 17.1 Å². The molecule has 29 heavy (non-hydrogen) atoms. The zero-order chi connectivity index (χ0) is 19.8. The molecule has 3 aromatic rings. The standard InChI is InChI=1S/C21H20ClN3O4/c22-15-4-1-2-5-17(15)25-18(14-16(23-25)19-6-3-11-27-19)20(26)24-9-7-21(8-10-24)28-12-13-29-21/h1-6,11,14H,7-10,12-13H2. The predicted octanol–water partition coefficient (Wildman–Crippen LogP) is 3.76. The Labute approximate surface area is 172 Å². The maximum Gasteiger partial charge on any atom is 0.272 e.